The third-order valence-electron chi connectivity index (χ3n) is 0. The molecule has 0 bridgehead atoms. The fourth-order valence-electron chi connectivity index (χ4n) is 0. The Balaban J connectivity index is 0. The number of rotatable bonds is 0. The van der Waals surface area contributed by atoms with Gasteiger partial charge in [-0.3, -0.25) is 0 Å². The van der Waals surface area contributed by atoms with Crippen LogP contribution in [-0.4, -0.2) is 44.5 Å². The van der Waals surface area contributed by atoms with Crippen LogP contribution in [0.2, 0.25) is 0 Å². The molecule has 0 aromatic carbocycles. The third kappa shape index (κ3) is 44.6. The van der Waals surface area contributed by atoms with E-state index in [0.717, 1.165) is 4.54 Å². The second-order valence-corrected chi connectivity index (χ2v) is 1.96. The van der Waals surface area contributed by atoms with Gasteiger partial charge in [0.2, 0.25) is 0 Å². The fourth-order valence-corrected chi connectivity index (χ4v) is 0. The Morgan fingerprint density at radius 2 is 1.80 bits per heavy atom. The maximum atomic E-state index is 4.97. The van der Waals surface area contributed by atoms with Crippen molar-refractivity contribution in [1.29, 1.82) is 0 Å². The Kier molecular flexibility index (Phi) is 9.39. The molecule has 32 valence electrons. The minimum absolute atomic E-state index is 0. The van der Waals surface area contributed by atoms with E-state index in [9.17, 15) is 0 Å². The van der Waals surface area contributed by atoms with Gasteiger partial charge in [0.05, 0.1) is 0 Å². The first-order valence-corrected chi connectivity index (χ1v) is 1.85. The Bertz CT molecular complexity index is 32.6. The molecule has 0 unspecified atom stereocenters. The van der Waals surface area contributed by atoms with Crippen molar-refractivity contribution in [1.82, 2.24) is 0 Å². The minimum atomic E-state index is 0. The van der Waals surface area contributed by atoms with E-state index in [0.29, 0.717) is 0 Å². The Morgan fingerprint density at radius 1 is 1.80 bits per heavy atom. The number of nitrogens with two attached hydrogens (primary N) is 1. The molecule has 0 fully saturated rings. The van der Waals surface area contributed by atoms with Gasteiger partial charge >= 0.3 is 57.2 Å². The average molecular weight is 247 g/mol. The van der Waals surface area contributed by atoms with Gasteiger partial charge in [-0.2, -0.15) is 0 Å². The monoisotopic (exact) mass is 247 g/mol. The zero-order valence-corrected chi connectivity index (χ0v) is 8.94. The van der Waals surface area contributed by atoms with Crippen LogP contribution in [-0.2, 0) is 0 Å². The predicted molar refractivity (Wildman–Crippen MR) is 30.6 cm³/mol. The van der Waals surface area contributed by atoms with Crippen LogP contribution >= 0.6 is 0 Å². The molecule has 0 amide bonds. The number of hydrogen-bond donors (Lipinski definition) is 1. The molecule has 1 nitrogen and oxygen atoms in total. The molecular formula is C2H8NSbSe. The summed E-state index contributed by atoms with van der Waals surface area (Å²) in [6.07, 6.45) is 0. The molecule has 0 aromatic heterocycles. The summed E-state index contributed by atoms with van der Waals surface area (Å²) >= 11 is 2.60. The second-order valence-electron chi connectivity index (χ2n) is 0.611. The van der Waals surface area contributed by atoms with Crippen molar-refractivity contribution in [3.8, 4) is 0 Å². The summed E-state index contributed by atoms with van der Waals surface area (Å²) in [7, 11) is 0. The summed E-state index contributed by atoms with van der Waals surface area (Å²) in [5, 5.41) is 0. The topological polar surface area (TPSA) is 26.0 Å². The summed E-state index contributed by atoms with van der Waals surface area (Å²) in [5.41, 5.74) is 4.97. The van der Waals surface area contributed by atoms with Crippen LogP contribution in [0.5, 0.6) is 0 Å². The van der Waals surface area contributed by atoms with Crippen molar-refractivity contribution in [2.75, 3.05) is 0 Å². The van der Waals surface area contributed by atoms with Crippen molar-refractivity contribution in [3.05, 3.63) is 0 Å². The van der Waals surface area contributed by atoms with Gasteiger partial charge in [-0.25, -0.2) is 0 Å². The molecule has 0 aliphatic rings. The van der Waals surface area contributed by atoms with Gasteiger partial charge < -0.3 is 0 Å². The Hall–Kier alpha value is 1.01. The molecule has 0 atom stereocenters. The van der Waals surface area contributed by atoms with Crippen LogP contribution in [0.1, 0.15) is 6.92 Å². The van der Waals surface area contributed by atoms with Crippen LogP contribution in [0, 0.1) is 0 Å². The normalized spacial score (nSPS) is 5.00. The molecule has 0 aromatic rings. The third-order valence-corrected chi connectivity index (χ3v) is 0. The van der Waals surface area contributed by atoms with E-state index in [1.807, 2.05) is 0 Å². The van der Waals surface area contributed by atoms with E-state index in [-0.39, 0.29) is 24.4 Å². The molecule has 0 saturated carbocycles. The molecule has 2 N–H and O–H groups in total. The van der Waals surface area contributed by atoms with E-state index in [1.54, 1.807) is 6.92 Å². The fraction of sp³-hybridized carbons (Fsp3) is 0.500. The molecule has 0 heterocycles. The molecule has 0 aliphatic heterocycles. The van der Waals surface area contributed by atoms with Crippen molar-refractivity contribution in [2.45, 2.75) is 6.92 Å². The van der Waals surface area contributed by atoms with Gasteiger partial charge in [0.25, 0.3) is 0 Å². The van der Waals surface area contributed by atoms with Gasteiger partial charge in [-0.1, -0.05) is 0 Å². The summed E-state index contributed by atoms with van der Waals surface area (Å²) in [4.78, 5) is 0. The first-order valence-electron chi connectivity index (χ1n) is 0.993. The van der Waals surface area contributed by atoms with Gasteiger partial charge in [-0.15, -0.1) is 0 Å². The summed E-state index contributed by atoms with van der Waals surface area (Å²) in [5.74, 6) is 0. The second kappa shape index (κ2) is 5.01. The molecule has 0 radical (unpaired) electrons. The van der Waals surface area contributed by atoms with Crippen LogP contribution in [0.25, 0.3) is 0 Å². The van der Waals surface area contributed by atoms with Crippen molar-refractivity contribution in [3.63, 3.8) is 0 Å². The van der Waals surface area contributed by atoms with Crippen LogP contribution < -0.4 is 5.73 Å². The van der Waals surface area contributed by atoms with Gasteiger partial charge in [-0.05, 0) is 0 Å². The molecule has 5 heavy (non-hydrogen) atoms. The van der Waals surface area contributed by atoms with Crippen LogP contribution in [0.15, 0.2) is 0 Å². The molecule has 0 saturated heterocycles. The SMILES string of the molecule is CC(N)=[Se].[SbH3]. The van der Waals surface area contributed by atoms with Crippen LogP contribution in [0.4, 0.5) is 0 Å². The predicted octanol–water partition coefficient (Wildman–Crippen LogP) is -1.92. The standard InChI is InChI=1S/C2H5NSe.Sb.3H/c1-2(3)4;;;;/h1H3,(H2,3,4);;;;. The Morgan fingerprint density at radius 3 is 1.80 bits per heavy atom. The molecule has 0 spiro atoms. The quantitative estimate of drug-likeness (QED) is 0.496. The van der Waals surface area contributed by atoms with E-state index in [2.05, 4.69) is 15.6 Å². The van der Waals surface area contributed by atoms with Crippen LogP contribution in [0.3, 0.4) is 0 Å². The molecule has 0 rings (SSSR count). The van der Waals surface area contributed by atoms with E-state index < -0.39 is 0 Å². The van der Waals surface area contributed by atoms with E-state index >= 15 is 0 Å². The summed E-state index contributed by atoms with van der Waals surface area (Å²) in [6, 6.07) is 0. The van der Waals surface area contributed by atoms with Gasteiger partial charge in [0.15, 0.2) is 0 Å². The Labute approximate surface area is 57.1 Å². The summed E-state index contributed by atoms with van der Waals surface area (Å²) < 4.78 is 0.792. The van der Waals surface area contributed by atoms with Crippen molar-refractivity contribution >= 4 is 44.5 Å². The van der Waals surface area contributed by atoms with Crippen molar-refractivity contribution < 1.29 is 0 Å². The molecule has 0 aliphatic carbocycles. The maximum absolute atomic E-state index is 4.97. The van der Waals surface area contributed by atoms with Gasteiger partial charge in [0, 0.05) is 0 Å². The van der Waals surface area contributed by atoms with Gasteiger partial charge in [0.1, 0.15) is 0 Å². The van der Waals surface area contributed by atoms with Crippen molar-refractivity contribution in [2.24, 2.45) is 5.73 Å². The zero-order chi connectivity index (χ0) is 3.58. The first-order chi connectivity index (χ1) is 1.73. The zero-order valence-electron chi connectivity index (χ0n) is 3.19. The molecule has 3 heteroatoms. The number of hydrogen-bond acceptors (Lipinski definition) is 1. The first kappa shape index (κ1) is 9.38. The molecular weight excluding hydrogens is 239 g/mol. The van der Waals surface area contributed by atoms with E-state index in [1.165, 1.54) is 0 Å². The average Bonchev–Trinajstić information content (AvgIpc) is 0.811. The van der Waals surface area contributed by atoms with E-state index in [4.69, 9.17) is 5.73 Å². The summed E-state index contributed by atoms with van der Waals surface area (Å²) in [6.45, 7) is 1.81.